The first kappa shape index (κ1) is 14.3. The minimum absolute atomic E-state index is 0.119. The molecule has 0 amide bonds. The molecule has 2 aromatic carbocycles. The maximum absolute atomic E-state index is 6.00. The number of hydrogen-bond donors (Lipinski definition) is 1. The molecule has 2 atom stereocenters. The molecule has 0 radical (unpaired) electrons. The molecule has 1 aliphatic heterocycles. The summed E-state index contributed by atoms with van der Waals surface area (Å²) in [6, 6.07) is 20.5. The first-order valence-electron chi connectivity index (χ1n) is 7.43. The fourth-order valence-electron chi connectivity index (χ4n) is 2.52. The van der Waals surface area contributed by atoms with Gasteiger partial charge in [-0.2, -0.15) is 0 Å². The summed E-state index contributed by atoms with van der Waals surface area (Å²) in [5.74, 6) is 0. The molecule has 1 saturated heterocycles. The molecule has 0 aromatic heterocycles. The van der Waals surface area contributed by atoms with Crippen molar-refractivity contribution >= 4 is 0 Å². The molecule has 110 valence electrons. The Bertz CT molecular complexity index is 480. The van der Waals surface area contributed by atoms with E-state index in [0.29, 0.717) is 13.2 Å². The summed E-state index contributed by atoms with van der Waals surface area (Å²) in [6.45, 7) is 2.98. The molecule has 0 unspecified atom stereocenters. The van der Waals surface area contributed by atoms with Crippen LogP contribution in [0.15, 0.2) is 60.7 Å². The van der Waals surface area contributed by atoms with Crippen molar-refractivity contribution in [3.63, 3.8) is 0 Å². The Morgan fingerprint density at radius 2 is 1.14 bits per heavy atom. The van der Waals surface area contributed by atoms with E-state index in [2.05, 4.69) is 29.6 Å². The zero-order valence-corrected chi connectivity index (χ0v) is 12.1. The molecule has 2 aromatic rings. The molecule has 3 rings (SSSR count). The zero-order valence-electron chi connectivity index (χ0n) is 12.1. The van der Waals surface area contributed by atoms with E-state index in [1.165, 1.54) is 11.1 Å². The molecule has 1 fully saturated rings. The number of ether oxygens (including phenoxy) is 2. The quantitative estimate of drug-likeness (QED) is 0.884. The summed E-state index contributed by atoms with van der Waals surface area (Å²) in [5.41, 5.74) is 2.40. The van der Waals surface area contributed by atoms with E-state index in [9.17, 15) is 0 Å². The van der Waals surface area contributed by atoms with Gasteiger partial charge in [0.1, 0.15) is 0 Å². The average molecular weight is 283 g/mol. The van der Waals surface area contributed by atoms with Crippen molar-refractivity contribution in [1.29, 1.82) is 0 Å². The van der Waals surface area contributed by atoms with Gasteiger partial charge in [0.05, 0.1) is 25.4 Å². The van der Waals surface area contributed by atoms with Gasteiger partial charge in [0.25, 0.3) is 0 Å². The first-order valence-corrected chi connectivity index (χ1v) is 7.43. The molecule has 0 aliphatic carbocycles. The third kappa shape index (κ3) is 4.14. The Balaban J connectivity index is 1.49. The van der Waals surface area contributed by atoms with Gasteiger partial charge in [0.2, 0.25) is 0 Å². The molecule has 1 heterocycles. The summed E-state index contributed by atoms with van der Waals surface area (Å²) in [6.07, 6.45) is 0.239. The highest BCUT2D eigenvalue weighted by molar-refractivity contribution is 5.14. The molecule has 3 heteroatoms. The fraction of sp³-hybridized carbons (Fsp3) is 0.333. The Kier molecular flexibility index (Phi) is 5.00. The maximum Gasteiger partial charge on any atom is 0.0977 e. The lowest BCUT2D eigenvalue weighted by atomic mass is 10.2. The predicted octanol–water partition coefficient (Wildman–Crippen LogP) is 2.76. The van der Waals surface area contributed by atoms with Crippen LogP contribution in [0.25, 0.3) is 0 Å². The zero-order chi connectivity index (χ0) is 14.3. The highest BCUT2D eigenvalue weighted by Crippen LogP contribution is 2.14. The first-order chi connectivity index (χ1) is 10.4. The number of benzene rings is 2. The standard InChI is InChI=1S/C18H21NO2/c1-3-7-15(8-4-1)13-20-17-11-19-12-18(17)21-14-16-9-5-2-6-10-16/h1-10,17-19H,11-14H2/t17-,18-/m0/s1. The topological polar surface area (TPSA) is 30.5 Å². The Hall–Kier alpha value is -1.68. The van der Waals surface area contributed by atoms with Crippen LogP contribution in [-0.2, 0) is 22.7 Å². The molecule has 0 bridgehead atoms. The van der Waals surface area contributed by atoms with Crippen LogP contribution in [0.2, 0.25) is 0 Å². The monoisotopic (exact) mass is 283 g/mol. The van der Waals surface area contributed by atoms with E-state index < -0.39 is 0 Å². The predicted molar refractivity (Wildman–Crippen MR) is 82.9 cm³/mol. The third-order valence-corrected chi connectivity index (χ3v) is 3.72. The smallest absolute Gasteiger partial charge is 0.0977 e. The van der Waals surface area contributed by atoms with Crippen LogP contribution in [0.5, 0.6) is 0 Å². The molecular weight excluding hydrogens is 262 g/mol. The van der Waals surface area contributed by atoms with Crippen molar-refractivity contribution in [3.8, 4) is 0 Å². The maximum atomic E-state index is 6.00. The van der Waals surface area contributed by atoms with E-state index in [1.54, 1.807) is 0 Å². The van der Waals surface area contributed by atoms with Gasteiger partial charge in [0, 0.05) is 13.1 Å². The van der Waals surface area contributed by atoms with E-state index in [4.69, 9.17) is 9.47 Å². The van der Waals surface area contributed by atoms with Crippen LogP contribution in [0.4, 0.5) is 0 Å². The fourth-order valence-corrected chi connectivity index (χ4v) is 2.52. The minimum Gasteiger partial charge on any atom is -0.369 e. The summed E-state index contributed by atoms with van der Waals surface area (Å²) in [4.78, 5) is 0. The average Bonchev–Trinajstić information content (AvgIpc) is 3.00. The van der Waals surface area contributed by atoms with Crippen LogP contribution in [0.1, 0.15) is 11.1 Å². The Labute approximate surface area is 125 Å². The highest BCUT2D eigenvalue weighted by Gasteiger charge is 2.28. The SMILES string of the molecule is c1ccc(CO[C@H]2CNC[C@@H]2OCc2ccccc2)cc1. The van der Waals surface area contributed by atoms with Crippen LogP contribution < -0.4 is 5.32 Å². The lowest BCUT2D eigenvalue weighted by molar-refractivity contribution is -0.0591. The van der Waals surface area contributed by atoms with Gasteiger partial charge in [-0.1, -0.05) is 60.7 Å². The van der Waals surface area contributed by atoms with Gasteiger partial charge in [0.15, 0.2) is 0 Å². The van der Waals surface area contributed by atoms with E-state index in [0.717, 1.165) is 13.1 Å². The summed E-state index contributed by atoms with van der Waals surface area (Å²) in [5, 5.41) is 3.34. The molecule has 21 heavy (non-hydrogen) atoms. The Morgan fingerprint density at radius 3 is 1.57 bits per heavy atom. The number of nitrogens with one attached hydrogen (secondary N) is 1. The molecule has 1 aliphatic rings. The Morgan fingerprint density at radius 1 is 0.714 bits per heavy atom. The van der Waals surface area contributed by atoms with Gasteiger partial charge >= 0.3 is 0 Å². The molecular formula is C18H21NO2. The van der Waals surface area contributed by atoms with E-state index in [-0.39, 0.29) is 12.2 Å². The summed E-state index contributed by atoms with van der Waals surface area (Å²) in [7, 11) is 0. The van der Waals surface area contributed by atoms with Gasteiger partial charge in [-0.3, -0.25) is 0 Å². The summed E-state index contributed by atoms with van der Waals surface area (Å²) >= 11 is 0. The number of rotatable bonds is 6. The molecule has 3 nitrogen and oxygen atoms in total. The van der Waals surface area contributed by atoms with Crippen LogP contribution >= 0.6 is 0 Å². The van der Waals surface area contributed by atoms with Crippen molar-refractivity contribution in [1.82, 2.24) is 5.32 Å². The van der Waals surface area contributed by atoms with Gasteiger partial charge in [-0.25, -0.2) is 0 Å². The lowest BCUT2D eigenvalue weighted by Gasteiger charge is -2.20. The van der Waals surface area contributed by atoms with Crippen LogP contribution in [0.3, 0.4) is 0 Å². The van der Waals surface area contributed by atoms with E-state index >= 15 is 0 Å². The number of hydrogen-bond acceptors (Lipinski definition) is 3. The van der Waals surface area contributed by atoms with E-state index in [1.807, 2.05) is 36.4 Å². The second kappa shape index (κ2) is 7.36. The molecule has 1 N–H and O–H groups in total. The molecule has 0 saturated carbocycles. The highest BCUT2D eigenvalue weighted by atomic mass is 16.5. The van der Waals surface area contributed by atoms with Gasteiger partial charge in [-0.05, 0) is 11.1 Å². The van der Waals surface area contributed by atoms with Crippen molar-refractivity contribution in [2.75, 3.05) is 13.1 Å². The van der Waals surface area contributed by atoms with Crippen molar-refractivity contribution in [2.24, 2.45) is 0 Å². The van der Waals surface area contributed by atoms with Crippen LogP contribution in [-0.4, -0.2) is 25.3 Å². The summed E-state index contributed by atoms with van der Waals surface area (Å²) < 4.78 is 12.0. The van der Waals surface area contributed by atoms with Crippen molar-refractivity contribution < 1.29 is 9.47 Å². The van der Waals surface area contributed by atoms with Crippen molar-refractivity contribution in [2.45, 2.75) is 25.4 Å². The van der Waals surface area contributed by atoms with Gasteiger partial charge < -0.3 is 14.8 Å². The molecule has 0 spiro atoms. The largest absolute Gasteiger partial charge is 0.369 e. The van der Waals surface area contributed by atoms with Crippen LogP contribution in [0, 0.1) is 0 Å². The van der Waals surface area contributed by atoms with Crippen molar-refractivity contribution in [3.05, 3.63) is 71.8 Å². The second-order valence-corrected chi connectivity index (χ2v) is 5.33. The normalized spacial score (nSPS) is 21.5. The minimum atomic E-state index is 0.119. The third-order valence-electron chi connectivity index (χ3n) is 3.72. The lowest BCUT2D eigenvalue weighted by Crippen LogP contribution is -2.29. The van der Waals surface area contributed by atoms with Gasteiger partial charge in [-0.15, -0.1) is 0 Å². The second-order valence-electron chi connectivity index (χ2n) is 5.33.